The van der Waals surface area contributed by atoms with Crippen molar-refractivity contribution in [2.75, 3.05) is 7.11 Å². The van der Waals surface area contributed by atoms with Gasteiger partial charge in [0.15, 0.2) is 15.8 Å². The van der Waals surface area contributed by atoms with Gasteiger partial charge in [-0.15, -0.1) is 11.3 Å². The molecule has 166 valence electrons. The molecule has 0 aliphatic heterocycles. The van der Waals surface area contributed by atoms with Gasteiger partial charge in [0.25, 0.3) is 0 Å². The Balaban J connectivity index is 1.56. The maximum Gasteiger partial charge on any atom is 0.175 e. The molecule has 0 saturated carbocycles. The summed E-state index contributed by atoms with van der Waals surface area (Å²) in [6.07, 6.45) is 1.80. The van der Waals surface area contributed by atoms with Gasteiger partial charge in [-0.2, -0.15) is 5.26 Å². The van der Waals surface area contributed by atoms with Crippen LogP contribution in [-0.2, 0) is 6.61 Å². The first kappa shape index (κ1) is 23.9. The molecule has 0 aliphatic rings. The quantitative estimate of drug-likeness (QED) is 0.162. The van der Waals surface area contributed by atoms with Gasteiger partial charge in [0, 0.05) is 15.6 Å². The topological polar surface area (TPSA) is 55.1 Å². The summed E-state index contributed by atoms with van der Waals surface area (Å²) in [6, 6.07) is 19.1. The van der Waals surface area contributed by atoms with Crippen molar-refractivity contribution < 1.29 is 9.47 Å². The number of allylic oxidation sites excluding steroid dienone is 1. The van der Waals surface area contributed by atoms with E-state index in [0.29, 0.717) is 30.9 Å². The van der Waals surface area contributed by atoms with E-state index in [4.69, 9.17) is 32.7 Å². The summed E-state index contributed by atoms with van der Waals surface area (Å²) in [5, 5.41) is 10.8. The average Bonchev–Trinajstić information content (AvgIpc) is 3.21. The number of fused-ring (bicyclic) bond motifs is 1. The lowest BCUT2D eigenvalue weighted by Gasteiger charge is -2.14. The second-order valence-corrected chi connectivity index (χ2v) is 10.7. The molecule has 0 atom stereocenters. The van der Waals surface area contributed by atoms with Crippen LogP contribution in [0.5, 0.6) is 11.5 Å². The van der Waals surface area contributed by atoms with Crippen molar-refractivity contribution in [3.63, 3.8) is 0 Å². The zero-order chi connectivity index (χ0) is 23.4. The van der Waals surface area contributed by atoms with Crippen LogP contribution >= 0.6 is 62.2 Å². The van der Waals surface area contributed by atoms with Crippen molar-refractivity contribution in [3.05, 3.63) is 85.1 Å². The minimum Gasteiger partial charge on any atom is -0.493 e. The number of nitrogens with zero attached hydrogens (tertiary/aromatic N) is 2. The van der Waals surface area contributed by atoms with Crippen molar-refractivity contribution in [1.82, 2.24) is 4.98 Å². The minimum atomic E-state index is 0.247. The minimum absolute atomic E-state index is 0.247. The maximum absolute atomic E-state index is 9.68. The SMILES string of the molecule is COc1cc(/C=C(\C#N)Sc2nc3ccccc3s2)cc(Br)c1OCc1ccc(Cl)cc1Cl. The summed E-state index contributed by atoms with van der Waals surface area (Å²) in [5.41, 5.74) is 2.52. The average molecular weight is 578 g/mol. The number of aromatic nitrogens is 1. The van der Waals surface area contributed by atoms with Gasteiger partial charge in [-0.25, -0.2) is 4.98 Å². The number of benzene rings is 3. The molecular formula is C24H15BrCl2N2O2S2. The lowest BCUT2D eigenvalue weighted by molar-refractivity contribution is 0.282. The predicted molar refractivity (Wildman–Crippen MR) is 141 cm³/mol. The smallest absolute Gasteiger partial charge is 0.175 e. The van der Waals surface area contributed by atoms with Crippen LogP contribution in [0.1, 0.15) is 11.1 Å². The molecule has 0 spiro atoms. The zero-order valence-corrected chi connectivity index (χ0v) is 21.9. The van der Waals surface area contributed by atoms with Crippen molar-refractivity contribution in [2.45, 2.75) is 10.9 Å². The Morgan fingerprint density at radius 2 is 2.03 bits per heavy atom. The fraction of sp³-hybridized carbons (Fsp3) is 0.0833. The van der Waals surface area contributed by atoms with Gasteiger partial charge in [-0.1, -0.05) is 41.4 Å². The highest BCUT2D eigenvalue weighted by Crippen LogP contribution is 2.40. The molecule has 9 heteroatoms. The van der Waals surface area contributed by atoms with E-state index in [-0.39, 0.29) is 6.61 Å². The Morgan fingerprint density at radius 3 is 2.76 bits per heavy atom. The number of halogens is 3. The van der Waals surface area contributed by atoms with Crippen LogP contribution in [0.3, 0.4) is 0 Å². The van der Waals surface area contributed by atoms with E-state index in [2.05, 4.69) is 27.0 Å². The molecule has 1 heterocycles. The highest BCUT2D eigenvalue weighted by Gasteiger charge is 2.14. The van der Waals surface area contributed by atoms with Crippen LogP contribution < -0.4 is 9.47 Å². The van der Waals surface area contributed by atoms with Crippen LogP contribution in [0, 0.1) is 11.3 Å². The summed E-state index contributed by atoms with van der Waals surface area (Å²) in [7, 11) is 1.57. The number of nitriles is 1. The zero-order valence-electron chi connectivity index (χ0n) is 17.1. The fourth-order valence-electron chi connectivity index (χ4n) is 2.98. The number of para-hydroxylation sites is 1. The fourth-order valence-corrected chi connectivity index (χ4v) is 5.99. The third kappa shape index (κ3) is 5.84. The predicted octanol–water partition coefficient (Wildman–Crippen LogP) is 8.61. The van der Waals surface area contributed by atoms with E-state index in [1.54, 1.807) is 36.7 Å². The molecule has 0 saturated heterocycles. The number of hydrogen-bond acceptors (Lipinski definition) is 6. The van der Waals surface area contributed by atoms with Crippen molar-refractivity contribution in [3.8, 4) is 17.6 Å². The number of thiazole rings is 1. The Labute approximate surface area is 217 Å². The third-order valence-electron chi connectivity index (χ3n) is 4.52. The maximum atomic E-state index is 9.68. The Bertz CT molecular complexity index is 1370. The molecule has 33 heavy (non-hydrogen) atoms. The molecule has 3 aromatic carbocycles. The van der Waals surface area contributed by atoms with E-state index in [9.17, 15) is 5.26 Å². The van der Waals surface area contributed by atoms with Crippen molar-refractivity contribution in [1.29, 1.82) is 5.26 Å². The Hall–Kier alpha value is -2.21. The molecule has 4 rings (SSSR count). The second-order valence-electron chi connectivity index (χ2n) is 6.73. The van der Waals surface area contributed by atoms with E-state index in [1.165, 1.54) is 11.8 Å². The van der Waals surface area contributed by atoms with E-state index < -0.39 is 0 Å². The van der Waals surface area contributed by atoms with Gasteiger partial charge in [0.1, 0.15) is 12.7 Å². The summed E-state index contributed by atoms with van der Waals surface area (Å²) in [6.45, 7) is 0.247. The van der Waals surface area contributed by atoms with Gasteiger partial charge < -0.3 is 9.47 Å². The molecule has 0 aliphatic carbocycles. The monoisotopic (exact) mass is 576 g/mol. The molecule has 0 amide bonds. The van der Waals surface area contributed by atoms with Gasteiger partial charge in [0.2, 0.25) is 0 Å². The van der Waals surface area contributed by atoms with Gasteiger partial charge in [-0.05, 0) is 75.7 Å². The lowest BCUT2D eigenvalue weighted by Crippen LogP contribution is -2.00. The number of rotatable bonds is 7. The van der Waals surface area contributed by atoms with Crippen molar-refractivity contribution >= 4 is 78.5 Å². The van der Waals surface area contributed by atoms with Crippen LogP contribution in [0.15, 0.2) is 68.3 Å². The summed E-state index contributed by atoms with van der Waals surface area (Å²) >= 11 is 18.7. The second kappa shape index (κ2) is 10.8. The first-order valence-corrected chi connectivity index (χ1v) is 12.7. The first-order chi connectivity index (χ1) is 16.0. The van der Waals surface area contributed by atoms with Crippen LogP contribution in [0.2, 0.25) is 10.0 Å². The van der Waals surface area contributed by atoms with Crippen LogP contribution in [0.25, 0.3) is 16.3 Å². The Morgan fingerprint density at radius 1 is 1.21 bits per heavy atom. The number of thioether (sulfide) groups is 1. The molecule has 0 N–H and O–H groups in total. The van der Waals surface area contributed by atoms with E-state index in [0.717, 1.165) is 25.7 Å². The first-order valence-electron chi connectivity index (χ1n) is 9.56. The Kier molecular flexibility index (Phi) is 7.84. The van der Waals surface area contributed by atoms with Gasteiger partial charge in [-0.3, -0.25) is 0 Å². The number of methoxy groups -OCH3 is 1. The number of hydrogen-bond donors (Lipinski definition) is 0. The summed E-state index contributed by atoms with van der Waals surface area (Å²) in [5.74, 6) is 1.07. The molecular weight excluding hydrogens is 563 g/mol. The molecule has 0 radical (unpaired) electrons. The van der Waals surface area contributed by atoms with Crippen LogP contribution in [0.4, 0.5) is 0 Å². The van der Waals surface area contributed by atoms with Crippen molar-refractivity contribution in [2.24, 2.45) is 0 Å². The lowest BCUT2D eigenvalue weighted by atomic mass is 10.2. The molecule has 0 bridgehead atoms. The summed E-state index contributed by atoms with van der Waals surface area (Å²) in [4.78, 5) is 5.11. The third-order valence-corrected chi connectivity index (χ3v) is 7.72. The number of ether oxygens (including phenoxy) is 2. The van der Waals surface area contributed by atoms with Crippen LogP contribution in [-0.4, -0.2) is 12.1 Å². The van der Waals surface area contributed by atoms with E-state index >= 15 is 0 Å². The highest BCUT2D eigenvalue weighted by atomic mass is 79.9. The largest absolute Gasteiger partial charge is 0.493 e. The molecule has 0 fully saturated rings. The van der Waals surface area contributed by atoms with Gasteiger partial charge in [0.05, 0.1) is 26.7 Å². The normalized spacial score (nSPS) is 11.4. The van der Waals surface area contributed by atoms with E-state index in [1.807, 2.05) is 42.5 Å². The summed E-state index contributed by atoms with van der Waals surface area (Å²) < 4.78 is 14.1. The molecule has 1 aromatic heterocycles. The highest BCUT2D eigenvalue weighted by molar-refractivity contribution is 9.10. The molecule has 0 unspecified atom stereocenters. The van der Waals surface area contributed by atoms with Gasteiger partial charge >= 0.3 is 0 Å². The molecule has 4 aromatic rings. The standard InChI is InChI=1S/C24H15BrCl2N2O2S2/c1-30-21-10-14(8-17(12-28)32-24-29-20-4-2-3-5-22(20)33-24)9-18(25)23(21)31-13-15-6-7-16(26)11-19(15)27/h2-11H,13H2,1H3/b17-8+. The molecule has 4 nitrogen and oxygen atoms in total.